The summed E-state index contributed by atoms with van der Waals surface area (Å²) in [6, 6.07) is 0. The zero-order valence-electron chi connectivity index (χ0n) is 12.0. The summed E-state index contributed by atoms with van der Waals surface area (Å²) < 4.78 is 26.0. The molecular formula is C13H28N2O2S. The van der Waals surface area contributed by atoms with E-state index in [9.17, 15) is 8.42 Å². The molecule has 1 aliphatic rings. The number of nitrogens with one attached hydrogen (secondary N) is 1. The average Bonchev–Trinajstić information content (AvgIpc) is 2.35. The van der Waals surface area contributed by atoms with Crippen LogP contribution >= 0.6 is 0 Å². The van der Waals surface area contributed by atoms with Gasteiger partial charge in [0.25, 0.3) is 0 Å². The van der Waals surface area contributed by atoms with Gasteiger partial charge in [0.2, 0.25) is 10.0 Å². The van der Waals surface area contributed by atoms with Crippen molar-refractivity contribution < 1.29 is 8.42 Å². The fourth-order valence-electron chi connectivity index (χ4n) is 2.34. The van der Waals surface area contributed by atoms with Gasteiger partial charge in [-0.15, -0.1) is 0 Å². The van der Waals surface area contributed by atoms with Crippen molar-refractivity contribution in [2.75, 3.05) is 31.9 Å². The molecule has 0 saturated carbocycles. The molecular weight excluding hydrogens is 248 g/mol. The van der Waals surface area contributed by atoms with Crippen LogP contribution in [0.1, 0.15) is 46.5 Å². The first-order valence-corrected chi connectivity index (χ1v) is 8.73. The van der Waals surface area contributed by atoms with Crippen molar-refractivity contribution >= 4 is 10.0 Å². The average molecular weight is 276 g/mol. The highest BCUT2D eigenvalue weighted by Gasteiger charge is 2.33. The van der Waals surface area contributed by atoms with Crippen molar-refractivity contribution in [2.45, 2.75) is 46.5 Å². The van der Waals surface area contributed by atoms with Gasteiger partial charge in [-0.3, -0.25) is 0 Å². The van der Waals surface area contributed by atoms with Gasteiger partial charge in [-0.25, -0.2) is 12.7 Å². The summed E-state index contributed by atoms with van der Waals surface area (Å²) in [6.07, 6.45) is 3.84. The molecule has 1 fully saturated rings. The largest absolute Gasteiger partial charge is 0.317 e. The molecule has 1 heterocycles. The lowest BCUT2D eigenvalue weighted by Crippen LogP contribution is -2.43. The lowest BCUT2D eigenvalue weighted by molar-refractivity contribution is 0.169. The second-order valence-electron chi connectivity index (χ2n) is 5.59. The van der Waals surface area contributed by atoms with Gasteiger partial charge < -0.3 is 5.32 Å². The SMILES string of the molecule is CCNCCCS(=O)(=O)N1CCC(C)(CC)CC1. The van der Waals surface area contributed by atoms with Crippen LogP contribution in [0.4, 0.5) is 0 Å². The van der Waals surface area contributed by atoms with Crippen molar-refractivity contribution in [3.05, 3.63) is 0 Å². The molecule has 0 unspecified atom stereocenters. The molecule has 5 heteroatoms. The summed E-state index contributed by atoms with van der Waals surface area (Å²) in [6.45, 7) is 9.59. The van der Waals surface area contributed by atoms with Crippen LogP contribution in [0.25, 0.3) is 0 Å². The molecule has 1 saturated heterocycles. The number of nitrogens with zero attached hydrogens (tertiary/aromatic N) is 1. The predicted octanol–water partition coefficient (Wildman–Crippen LogP) is 1.83. The Balaban J connectivity index is 2.40. The molecule has 18 heavy (non-hydrogen) atoms. The van der Waals surface area contributed by atoms with Gasteiger partial charge in [0.15, 0.2) is 0 Å². The zero-order valence-corrected chi connectivity index (χ0v) is 12.9. The predicted molar refractivity (Wildman–Crippen MR) is 76.2 cm³/mol. The van der Waals surface area contributed by atoms with Crippen molar-refractivity contribution in [3.63, 3.8) is 0 Å². The van der Waals surface area contributed by atoms with Gasteiger partial charge in [0.05, 0.1) is 5.75 Å². The first kappa shape index (κ1) is 15.9. The minimum absolute atomic E-state index is 0.281. The number of hydrogen-bond donors (Lipinski definition) is 1. The second-order valence-corrected chi connectivity index (χ2v) is 7.67. The highest BCUT2D eigenvalue weighted by Crippen LogP contribution is 2.34. The van der Waals surface area contributed by atoms with Crippen molar-refractivity contribution in [3.8, 4) is 0 Å². The fraction of sp³-hybridized carbons (Fsp3) is 1.00. The Bertz CT molecular complexity index is 333. The molecule has 0 aromatic heterocycles. The van der Waals surface area contributed by atoms with E-state index < -0.39 is 10.0 Å². The minimum Gasteiger partial charge on any atom is -0.317 e. The highest BCUT2D eigenvalue weighted by molar-refractivity contribution is 7.89. The van der Waals surface area contributed by atoms with E-state index >= 15 is 0 Å². The van der Waals surface area contributed by atoms with E-state index in [2.05, 4.69) is 19.2 Å². The van der Waals surface area contributed by atoms with Crippen LogP contribution in [-0.2, 0) is 10.0 Å². The Morgan fingerprint density at radius 1 is 1.22 bits per heavy atom. The van der Waals surface area contributed by atoms with E-state index in [1.165, 1.54) is 0 Å². The van der Waals surface area contributed by atoms with Crippen LogP contribution in [0.5, 0.6) is 0 Å². The van der Waals surface area contributed by atoms with Gasteiger partial charge in [-0.1, -0.05) is 27.2 Å². The highest BCUT2D eigenvalue weighted by atomic mass is 32.2. The molecule has 4 nitrogen and oxygen atoms in total. The van der Waals surface area contributed by atoms with Gasteiger partial charge in [-0.2, -0.15) is 0 Å². The third kappa shape index (κ3) is 4.52. The molecule has 0 aliphatic carbocycles. The van der Waals surface area contributed by atoms with Crippen molar-refractivity contribution in [1.29, 1.82) is 0 Å². The maximum absolute atomic E-state index is 12.1. The standard InChI is InChI=1S/C13H28N2O2S/c1-4-13(3)7-10-15(11-8-13)18(16,17)12-6-9-14-5-2/h14H,4-12H2,1-3H3. The minimum atomic E-state index is -3.03. The molecule has 1 aliphatic heterocycles. The number of hydrogen-bond acceptors (Lipinski definition) is 3. The van der Waals surface area contributed by atoms with E-state index in [0.29, 0.717) is 24.9 Å². The Kier molecular flexibility index (Phi) is 6.08. The zero-order chi connectivity index (χ0) is 13.6. The van der Waals surface area contributed by atoms with E-state index in [-0.39, 0.29) is 5.75 Å². The molecule has 0 spiro atoms. The molecule has 0 radical (unpaired) electrons. The second kappa shape index (κ2) is 6.87. The first-order chi connectivity index (χ1) is 8.43. The molecule has 0 aromatic carbocycles. The molecule has 0 aromatic rings. The van der Waals surface area contributed by atoms with Gasteiger partial charge in [-0.05, 0) is 37.8 Å². The maximum Gasteiger partial charge on any atom is 0.214 e. The quantitative estimate of drug-likeness (QED) is 0.722. The van der Waals surface area contributed by atoms with Gasteiger partial charge in [0, 0.05) is 13.1 Å². The molecule has 0 atom stereocenters. The van der Waals surface area contributed by atoms with E-state index in [1.807, 2.05) is 6.92 Å². The Hall–Kier alpha value is -0.130. The molecule has 1 rings (SSSR count). The molecule has 0 bridgehead atoms. The number of piperidine rings is 1. The van der Waals surface area contributed by atoms with Gasteiger partial charge >= 0.3 is 0 Å². The van der Waals surface area contributed by atoms with E-state index in [0.717, 1.165) is 32.4 Å². The van der Waals surface area contributed by atoms with Crippen molar-refractivity contribution in [1.82, 2.24) is 9.62 Å². The topological polar surface area (TPSA) is 49.4 Å². The summed E-state index contributed by atoms with van der Waals surface area (Å²) >= 11 is 0. The normalized spacial score (nSPS) is 21.1. The van der Waals surface area contributed by atoms with E-state index in [4.69, 9.17) is 0 Å². The lowest BCUT2D eigenvalue weighted by atomic mass is 9.79. The van der Waals surface area contributed by atoms with Crippen LogP contribution in [0, 0.1) is 5.41 Å². The van der Waals surface area contributed by atoms with Crippen LogP contribution in [0.2, 0.25) is 0 Å². The molecule has 1 N–H and O–H groups in total. The smallest absolute Gasteiger partial charge is 0.214 e. The van der Waals surface area contributed by atoms with Crippen LogP contribution in [0.3, 0.4) is 0 Å². The Labute approximate surface area is 112 Å². The monoisotopic (exact) mass is 276 g/mol. The first-order valence-electron chi connectivity index (χ1n) is 7.12. The van der Waals surface area contributed by atoms with Crippen LogP contribution < -0.4 is 5.32 Å². The van der Waals surface area contributed by atoms with Crippen LogP contribution in [-0.4, -0.2) is 44.7 Å². The Morgan fingerprint density at radius 3 is 2.33 bits per heavy atom. The fourth-order valence-corrected chi connectivity index (χ4v) is 3.85. The molecule has 108 valence electrons. The number of rotatable bonds is 7. The Morgan fingerprint density at radius 2 is 1.83 bits per heavy atom. The summed E-state index contributed by atoms with van der Waals surface area (Å²) in [5, 5.41) is 3.16. The van der Waals surface area contributed by atoms with E-state index in [1.54, 1.807) is 4.31 Å². The number of sulfonamides is 1. The summed E-state index contributed by atoms with van der Waals surface area (Å²) in [4.78, 5) is 0. The summed E-state index contributed by atoms with van der Waals surface area (Å²) in [7, 11) is -3.03. The third-order valence-electron chi connectivity index (χ3n) is 4.18. The summed E-state index contributed by atoms with van der Waals surface area (Å²) in [5.41, 5.74) is 0.343. The van der Waals surface area contributed by atoms with Gasteiger partial charge in [0.1, 0.15) is 0 Å². The van der Waals surface area contributed by atoms with Crippen LogP contribution in [0.15, 0.2) is 0 Å². The lowest BCUT2D eigenvalue weighted by Gasteiger charge is -2.38. The maximum atomic E-state index is 12.1. The van der Waals surface area contributed by atoms with Crippen molar-refractivity contribution in [2.24, 2.45) is 5.41 Å². The third-order valence-corrected chi connectivity index (χ3v) is 6.14. The molecule has 0 amide bonds. The summed E-state index contributed by atoms with van der Waals surface area (Å²) in [5.74, 6) is 0.281.